The van der Waals surface area contributed by atoms with Gasteiger partial charge < -0.3 is 0 Å². The largest absolute Gasteiger partial charge is 0.297 e. The summed E-state index contributed by atoms with van der Waals surface area (Å²) in [4.78, 5) is 12.2. The Morgan fingerprint density at radius 2 is 2.00 bits per heavy atom. The SMILES string of the molecule is O=C(Nc1nnc(C2CCCC2)s1)C1=CC2CCCC12. The molecule has 2 fully saturated rings. The standard InChI is InChI=1S/C15H19N3OS/c19-13(12-8-10-6-3-7-11(10)12)16-15-18-17-14(20-15)9-4-1-2-5-9/h8-11H,1-7H2,(H,16,18,19). The van der Waals surface area contributed by atoms with Gasteiger partial charge >= 0.3 is 0 Å². The molecule has 2 unspecified atom stereocenters. The molecule has 1 aromatic rings. The molecule has 0 saturated heterocycles. The van der Waals surface area contributed by atoms with Crippen LogP contribution >= 0.6 is 11.3 Å². The first-order chi connectivity index (χ1) is 9.81. The van der Waals surface area contributed by atoms with Crippen LogP contribution in [-0.4, -0.2) is 16.1 Å². The van der Waals surface area contributed by atoms with Crippen LogP contribution in [0.2, 0.25) is 0 Å². The summed E-state index contributed by atoms with van der Waals surface area (Å²) in [5.74, 6) is 1.79. The number of fused-ring (bicyclic) bond motifs is 1. The number of carbonyl (C=O) groups excluding carboxylic acids is 1. The van der Waals surface area contributed by atoms with E-state index in [1.807, 2.05) is 0 Å². The van der Waals surface area contributed by atoms with Crippen molar-refractivity contribution in [3.8, 4) is 0 Å². The molecule has 20 heavy (non-hydrogen) atoms. The van der Waals surface area contributed by atoms with Crippen molar-refractivity contribution in [2.75, 3.05) is 5.32 Å². The average Bonchev–Trinajstić information content (AvgIpc) is 3.10. The molecule has 5 heteroatoms. The summed E-state index contributed by atoms with van der Waals surface area (Å²) < 4.78 is 0. The fourth-order valence-electron chi connectivity index (χ4n) is 3.85. The van der Waals surface area contributed by atoms with Gasteiger partial charge in [0.1, 0.15) is 5.01 Å². The maximum Gasteiger partial charge on any atom is 0.253 e. The van der Waals surface area contributed by atoms with E-state index in [0.29, 0.717) is 22.9 Å². The number of nitrogens with zero attached hydrogens (tertiary/aromatic N) is 2. The highest BCUT2D eigenvalue weighted by Gasteiger charge is 2.39. The van der Waals surface area contributed by atoms with Crippen molar-refractivity contribution in [1.29, 1.82) is 0 Å². The van der Waals surface area contributed by atoms with Crippen molar-refractivity contribution in [3.63, 3.8) is 0 Å². The van der Waals surface area contributed by atoms with E-state index in [1.54, 1.807) is 11.3 Å². The summed E-state index contributed by atoms with van der Waals surface area (Å²) in [6, 6.07) is 0. The number of allylic oxidation sites excluding steroid dienone is 1. The van der Waals surface area contributed by atoms with E-state index in [2.05, 4.69) is 21.6 Å². The molecule has 3 aliphatic carbocycles. The van der Waals surface area contributed by atoms with Gasteiger partial charge in [-0.2, -0.15) is 0 Å². The molecule has 1 N–H and O–H groups in total. The van der Waals surface area contributed by atoms with Gasteiger partial charge in [-0.05, 0) is 37.5 Å². The maximum atomic E-state index is 12.2. The average molecular weight is 289 g/mol. The molecule has 2 atom stereocenters. The molecule has 3 aliphatic rings. The highest BCUT2D eigenvalue weighted by Crippen LogP contribution is 2.46. The third-order valence-electron chi connectivity index (χ3n) is 4.99. The van der Waals surface area contributed by atoms with Gasteiger partial charge in [0, 0.05) is 11.5 Å². The second-order valence-electron chi connectivity index (χ2n) is 6.20. The maximum absolute atomic E-state index is 12.2. The van der Waals surface area contributed by atoms with Gasteiger partial charge in [0.25, 0.3) is 5.91 Å². The van der Waals surface area contributed by atoms with Gasteiger partial charge in [0.15, 0.2) is 0 Å². The summed E-state index contributed by atoms with van der Waals surface area (Å²) in [6.45, 7) is 0. The van der Waals surface area contributed by atoms with Crippen LogP contribution in [0.3, 0.4) is 0 Å². The highest BCUT2D eigenvalue weighted by molar-refractivity contribution is 7.15. The van der Waals surface area contributed by atoms with Crippen molar-refractivity contribution < 1.29 is 4.79 Å². The first kappa shape index (κ1) is 12.5. The number of rotatable bonds is 3. The van der Waals surface area contributed by atoms with E-state index in [0.717, 1.165) is 10.6 Å². The molecular weight excluding hydrogens is 270 g/mol. The first-order valence-electron chi connectivity index (χ1n) is 7.68. The van der Waals surface area contributed by atoms with E-state index in [4.69, 9.17) is 0 Å². The lowest BCUT2D eigenvalue weighted by Crippen LogP contribution is -2.29. The van der Waals surface area contributed by atoms with Crippen LogP contribution in [0.5, 0.6) is 0 Å². The molecule has 1 heterocycles. The Labute approximate surface area is 122 Å². The van der Waals surface area contributed by atoms with E-state index in [-0.39, 0.29) is 5.91 Å². The molecule has 0 aliphatic heterocycles. The van der Waals surface area contributed by atoms with Gasteiger partial charge in [-0.15, -0.1) is 10.2 Å². The monoisotopic (exact) mass is 289 g/mol. The number of aromatic nitrogens is 2. The van der Waals surface area contributed by atoms with Crippen LogP contribution in [-0.2, 0) is 4.79 Å². The van der Waals surface area contributed by atoms with E-state index >= 15 is 0 Å². The van der Waals surface area contributed by atoms with Crippen LogP contribution in [0.4, 0.5) is 5.13 Å². The van der Waals surface area contributed by atoms with Crippen LogP contribution in [0.15, 0.2) is 11.6 Å². The van der Waals surface area contributed by atoms with Gasteiger partial charge in [0.05, 0.1) is 0 Å². The molecule has 0 radical (unpaired) electrons. The number of amides is 1. The molecule has 106 valence electrons. The molecule has 4 rings (SSSR count). The van der Waals surface area contributed by atoms with Crippen molar-refractivity contribution in [2.24, 2.45) is 11.8 Å². The van der Waals surface area contributed by atoms with Gasteiger partial charge in [-0.3, -0.25) is 10.1 Å². The Balaban J connectivity index is 1.41. The molecule has 0 spiro atoms. The number of hydrogen-bond acceptors (Lipinski definition) is 4. The predicted molar refractivity (Wildman–Crippen MR) is 78.7 cm³/mol. The van der Waals surface area contributed by atoms with Gasteiger partial charge in [0.2, 0.25) is 5.13 Å². The van der Waals surface area contributed by atoms with Crippen LogP contribution in [0, 0.1) is 11.8 Å². The minimum absolute atomic E-state index is 0.0438. The molecule has 4 nitrogen and oxygen atoms in total. The quantitative estimate of drug-likeness (QED) is 0.926. The fraction of sp³-hybridized carbons (Fsp3) is 0.667. The summed E-state index contributed by atoms with van der Waals surface area (Å²) in [6.07, 6.45) is 10.9. The molecule has 0 aromatic carbocycles. The van der Waals surface area contributed by atoms with Crippen LogP contribution in [0.25, 0.3) is 0 Å². The summed E-state index contributed by atoms with van der Waals surface area (Å²) in [5.41, 5.74) is 0.977. The van der Waals surface area contributed by atoms with E-state index in [1.165, 1.54) is 44.9 Å². The fourth-order valence-corrected chi connectivity index (χ4v) is 4.75. The minimum Gasteiger partial charge on any atom is -0.297 e. The number of hydrogen-bond donors (Lipinski definition) is 1. The van der Waals surface area contributed by atoms with E-state index in [9.17, 15) is 4.79 Å². The van der Waals surface area contributed by atoms with Gasteiger partial charge in [-0.1, -0.05) is 36.7 Å². The Kier molecular flexibility index (Phi) is 3.10. The summed E-state index contributed by atoms with van der Waals surface area (Å²) in [7, 11) is 0. The third kappa shape index (κ3) is 2.08. The Hall–Kier alpha value is -1.23. The second kappa shape index (κ2) is 4.95. The molecular formula is C15H19N3OS. The first-order valence-corrected chi connectivity index (χ1v) is 8.49. The van der Waals surface area contributed by atoms with Crippen LogP contribution < -0.4 is 5.32 Å². The van der Waals surface area contributed by atoms with Crippen molar-refractivity contribution >= 4 is 22.4 Å². The number of carbonyl (C=O) groups is 1. The highest BCUT2D eigenvalue weighted by atomic mass is 32.1. The Morgan fingerprint density at radius 3 is 2.80 bits per heavy atom. The number of anilines is 1. The van der Waals surface area contributed by atoms with Crippen molar-refractivity contribution in [2.45, 2.75) is 50.9 Å². The predicted octanol–water partition coefficient (Wildman–Crippen LogP) is 3.49. The number of nitrogens with one attached hydrogen (secondary N) is 1. The molecule has 1 amide bonds. The van der Waals surface area contributed by atoms with Crippen molar-refractivity contribution in [3.05, 3.63) is 16.7 Å². The van der Waals surface area contributed by atoms with E-state index < -0.39 is 0 Å². The smallest absolute Gasteiger partial charge is 0.253 e. The second-order valence-corrected chi connectivity index (χ2v) is 7.21. The topological polar surface area (TPSA) is 54.9 Å². The molecule has 1 aromatic heterocycles. The van der Waals surface area contributed by atoms with Gasteiger partial charge in [-0.25, -0.2) is 0 Å². The zero-order chi connectivity index (χ0) is 13.5. The lowest BCUT2D eigenvalue weighted by atomic mass is 9.77. The zero-order valence-corrected chi connectivity index (χ0v) is 12.3. The lowest BCUT2D eigenvalue weighted by molar-refractivity contribution is -0.113. The lowest BCUT2D eigenvalue weighted by Gasteiger charge is -2.28. The van der Waals surface area contributed by atoms with Crippen molar-refractivity contribution in [1.82, 2.24) is 10.2 Å². The zero-order valence-electron chi connectivity index (χ0n) is 11.5. The summed E-state index contributed by atoms with van der Waals surface area (Å²) in [5, 5.41) is 13.1. The third-order valence-corrected chi connectivity index (χ3v) is 5.99. The Bertz CT molecular complexity index is 559. The summed E-state index contributed by atoms with van der Waals surface area (Å²) >= 11 is 1.55. The van der Waals surface area contributed by atoms with Crippen LogP contribution in [0.1, 0.15) is 55.9 Å². The minimum atomic E-state index is 0.0438. The normalized spacial score (nSPS) is 28.9. The molecule has 0 bridgehead atoms. The molecule has 2 saturated carbocycles. The Morgan fingerprint density at radius 1 is 1.15 bits per heavy atom.